The molecule has 2 aromatic rings. The van der Waals surface area contributed by atoms with Crippen LogP contribution in [0.5, 0.6) is 5.75 Å². The van der Waals surface area contributed by atoms with Crippen molar-refractivity contribution >= 4 is 21.6 Å². The van der Waals surface area contributed by atoms with Crippen molar-refractivity contribution in [1.29, 1.82) is 0 Å². The first-order valence-corrected chi connectivity index (χ1v) is 11.1. The Labute approximate surface area is 175 Å². The lowest BCUT2D eigenvalue weighted by Crippen LogP contribution is -2.64. The van der Waals surface area contributed by atoms with E-state index >= 15 is 0 Å². The molecule has 0 aromatic heterocycles. The Hall–Kier alpha value is -2.49. The van der Waals surface area contributed by atoms with E-state index in [9.17, 15) is 17.6 Å². The summed E-state index contributed by atoms with van der Waals surface area (Å²) in [7, 11) is -0.382. The first-order valence-electron chi connectivity index (χ1n) is 9.67. The number of carbonyl (C=O) groups is 1. The number of methoxy groups -OCH3 is 1. The third kappa shape index (κ3) is 3.57. The molecule has 2 aliphatic heterocycles. The number of hydrogen-bond acceptors (Lipinski definition) is 5. The monoisotopic (exact) mass is 433 g/mol. The highest BCUT2D eigenvalue weighted by molar-refractivity contribution is 7.89. The van der Waals surface area contributed by atoms with Gasteiger partial charge in [-0.25, -0.2) is 12.8 Å². The van der Waals surface area contributed by atoms with Gasteiger partial charge in [0.05, 0.1) is 24.1 Å². The molecule has 30 heavy (non-hydrogen) atoms. The number of sulfonamides is 1. The fourth-order valence-electron chi connectivity index (χ4n) is 4.21. The second kappa shape index (κ2) is 7.64. The van der Waals surface area contributed by atoms with Gasteiger partial charge < -0.3 is 9.64 Å². The summed E-state index contributed by atoms with van der Waals surface area (Å²) in [5.41, 5.74) is -0.0480. The zero-order valence-corrected chi connectivity index (χ0v) is 17.7. The number of hydrogen-bond donors (Lipinski definition) is 0. The molecule has 0 N–H and O–H groups in total. The zero-order valence-electron chi connectivity index (χ0n) is 16.9. The number of piperazine rings is 1. The summed E-state index contributed by atoms with van der Waals surface area (Å²) in [5, 5.41) is 0. The Kier molecular flexibility index (Phi) is 5.29. The highest BCUT2D eigenvalue weighted by atomic mass is 32.2. The molecular weight excluding hydrogens is 409 g/mol. The number of benzene rings is 2. The van der Waals surface area contributed by atoms with Crippen molar-refractivity contribution < 1.29 is 22.3 Å². The van der Waals surface area contributed by atoms with Crippen LogP contribution in [0.1, 0.15) is 6.42 Å². The lowest BCUT2D eigenvalue weighted by atomic mass is 9.92. The summed E-state index contributed by atoms with van der Waals surface area (Å²) in [6.45, 7) is 1.04. The maximum Gasteiger partial charge on any atom is 0.243 e. The van der Waals surface area contributed by atoms with Crippen LogP contribution in [0.15, 0.2) is 53.4 Å². The van der Waals surface area contributed by atoms with Crippen molar-refractivity contribution in [2.75, 3.05) is 45.2 Å². The molecule has 2 aliphatic rings. The van der Waals surface area contributed by atoms with Gasteiger partial charge in [0.25, 0.3) is 0 Å². The first kappa shape index (κ1) is 20.8. The molecule has 2 aromatic carbocycles. The van der Waals surface area contributed by atoms with Crippen LogP contribution in [-0.2, 0) is 14.8 Å². The maximum absolute atomic E-state index is 13.7. The van der Waals surface area contributed by atoms with Gasteiger partial charge in [-0.2, -0.15) is 4.31 Å². The SMILES string of the molecule is COc1cccc(S(=O)(=O)N2CC[C@]3(CN(c4cccc(F)c4)C(=O)CN3C)C2)c1. The van der Waals surface area contributed by atoms with Gasteiger partial charge in [-0.15, -0.1) is 0 Å². The fourth-order valence-corrected chi connectivity index (χ4v) is 5.77. The van der Waals surface area contributed by atoms with Crippen LogP contribution in [0.4, 0.5) is 10.1 Å². The van der Waals surface area contributed by atoms with E-state index in [0.717, 1.165) is 0 Å². The zero-order chi connectivity index (χ0) is 21.5. The van der Waals surface area contributed by atoms with Crippen molar-refractivity contribution in [3.8, 4) is 5.75 Å². The number of anilines is 1. The third-order valence-electron chi connectivity index (χ3n) is 6.03. The third-order valence-corrected chi connectivity index (χ3v) is 7.87. The number of nitrogens with zero attached hydrogens (tertiary/aromatic N) is 3. The van der Waals surface area contributed by atoms with E-state index in [1.807, 2.05) is 11.9 Å². The van der Waals surface area contributed by atoms with Gasteiger partial charge in [0.2, 0.25) is 15.9 Å². The first-order chi connectivity index (χ1) is 14.2. The molecule has 1 spiro atoms. The van der Waals surface area contributed by atoms with E-state index in [1.54, 1.807) is 35.2 Å². The number of halogens is 1. The van der Waals surface area contributed by atoms with E-state index in [-0.39, 0.29) is 23.9 Å². The summed E-state index contributed by atoms with van der Waals surface area (Å²) in [5.74, 6) is -0.0765. The number of amides is 1. The van der Waals surface area contributed by atoms with Gasteiger partial charge in [-0.3, -0.25) is 9.69 Å². The van der Waals surface area contributed by atoms with E-state index in [4.69, 9.17) is 4.74 Å². The van der Waals surface area contributed by atoms with E-state index in [2.05, 4.69) is 0 Å². The molecule has 0 saturated carbocycles. The van der Waals surface area contributed by atoms with E-state index in [0.29, 0.717) is 30.9 Å². The van der Waals surface area contributed by atoms with Crippen LogP contribution in [0.3, 0.4) is 0 Å². The normalized spacial score (nSPS) is 23.3. The molecule has 0 radical (unpaired) electrons. The average Bonchev–Trinajstić information content (AvgIpc) is 3.17. The minimum Gasteiger partial charge on any atom is -0.497 e. The molecule has 1 atom stereocenters. The molecule has 0 bridgehead atoms. The summed E-state index contributed by atoms with van der Waals surface area (Å²) in [6, 6.07) is 12.3. The molecule has 0 aliphatic carbocycles. The predicted molar refractivity (Wildman–Crippen MR) is 110 cm³/mol. The summed E-state index contributed by atoms with van der Waals surface area (Å²) < 4.78 is 46.8. The smallest absolute Gasteiger partial charge is 0.243 e. The summed E-state index contributed by atoms with van der Waals surface area (Å²) in [4.78, 5) is 16.3. The van der Waals surface area contributed by atoms with Crippen molar-refractivity contribution in [2.24, 2.45) is 0 Å². The Morgan fingerprint density at radius 2 is 1.87 bits per heavy atom. The average molecular weight is 434 g/mol. The van der Waals surface area contributed by atoms with Crippen molar-refractivity contribution in [2.45, 2.75) is 16.9 Å². The topological polar surface area (TPSA) is 70.2 Å². The number of likely N-dealkylation sites (N-methyl/N-ethyl adjacent to an activating group) is 1. The Morgan fingerprint density at radius 1 is 1.10 bits per heavy atom. The van der Waals surface area contributed by atoms with Gasteiger partial charge in [0, 0.05) is 31.4 Å². The van der Waals surface area contributed by atoms with Gasteiger partial charge in [0.15, 0.2) is 0 Å². The van der Waals surface area contributed by atoms with Crippen molar-refractivity contribution in [3.63, 3.8) is 0 Å². The maximum atomic E-state index is 13.7. The molecule has 160 valence electrons. The van der Waals surface area contributed by atoms with E-state index in [1.165, 1.54) is 29.6 Å². The van der Waals surface area contributed by atoms with Gasteiger partial charge in [-0.1, -0.05) is 12.1 Å². The molecule has 2 fully saturated rings. The van der Waals surface area contributed by atoms with Crippen LogP contribution in [0.2, 0.25) is 0 Å². The Bertz CT molecular complexity index is 1080. The van der Waals surface area contributed by atoms with Crippen LogP contribution in [0.25, 0.3) is 0 Å². The quantitative estimate of drug-likeness (QED) is 0.737. The largest absolute Gasteiger partial charge is 0.497 e. The van der Waals surface area contributed by atoms with Crippen LogP contribution in [-0.4, -0.2) is 69.4 Å². The lowest BCUT2D eigenvalue weighted by molar-refractivity contribution is -0.123. The molecule has 4 rings (SSSR count). The lowest BCUT2D eigenvalue weighted by Gasteiger charge is -2.46. The molecule has 2 saturated heterocycles. The van der Waals surface area contributed by atoms with E-state index < -0.39 is 21.4 Å². The van der Waals surface area contributed by atoms with Crippen LogP contribution in [0, 0.1) is 5.82 Å². The second-order valence-corrected chi connectivity index (χ2v) is 9.75. The molecular formula is C21H24FN3O4S. The van der Waals surface area contributed by atoms with Crippen molar-refractivity contribution in [3.05, 3.63) is 54.3 Å². The Balaban J connectivity index is 1.61. The van der Waals surface area contributed by atoms with Gasteiger partial charge >= 0.3 is 0 Å². The molecule has 2 heterocycles. The van der Waals surface area contributed by atoms with Crippen molar-refractivity contribution in [1.82, 2.24) is 9.21 Å². The summed E-state index contributed by atoms with van der Waals surface area (Å²) in [6.07, 6.45) is 0.575. The number of carbonyl (C=O) groups excluding carboxylic acids is 1. The minimum absolute atomic E-state index is 0.136. The standard InChI is InChI=1S/C21H24FN3O4S/c1-23-13-20(26)25(17-6-3-5-16(22)11-17)15-21(23)9-10-24(14-21)30(27,28)19-8-4-7-18(12-19)29-2/h3-8,11-12H,9-10,13-15H2,1-2H3/t21-/m1/s1. The van der Waals surface area contributed by atoms with Crippen LogP contribution < -0.4 is 9.64 Å². The fraction of sp³-hybridized carbons (Fsp3) is 0.381. The molecule has 0 unspecified atom stereocenters. The highest BCUT2D eigenvalue weighted by Gasteiger charge is 2.50. The highest BCUT2D eigenvalue weighted by Crippen LogP contribution is 2.36. The Morgan fingerprint density at radius 3 is 2.60 bits per heavy atom. The van der Waals surface area contributed by atoms with Crippen LogP contribution >= 0.6 is 0 Å². The molecule has 1 amide bonds. The molecule has 9 heteroatoms. The predicted octanol–water partition coefficient (Wildman–Crippen LogP) is 1.95. The van der Waals surface area contributed by atoms with Gasteiger partial charge in [-0.05, 0) is 43.8 Å². The minimum atomic E-state index is -3.71. The second-order valence-electron chi connectivity index (χ2n) is 7.81. The number of rotatable bonds is 4. The summed E-state index contributed by atoms with van der Waals surface area (Å²) >= 11 is 0. The molecule has 7 nitrogen and oxygen atoms in total. The van der Waals surface area contributed by atoms with Gasteiger partial charge in [0.1, 0.15) is 11.6 Å². The number of ether oxygens (including phenoxy) is 1.